The van der Waals surface area contributed by atoms with Crippen molar-refractivity contribution in [3.05, 3.63) is 42.2 Å². The number of benzene rings is 1. The maximum absolute atomic E-state index is 12.8. The zero-order chi connectivity index (χ0) is 17.5. The monoisotopic (exact) mass is 335 g/mol. The van der Waals surface area contributed by atoms with E-state index >= 15 is 0 Å². The van der Waals surface area contributed by atoms with Gasteiger partial charge in [0.2, 0.25) is 0 Å². The van der Waals surface area contributed by atoms with E-state index in [1.165, 1.54) is 12.1 Å². The van der Waals surface area contributed by atoms with Crippen molar-refractivity contribution in [1.82, 2.24) is 25.0 Å². The maximum atomic E-state index is 12.8. The number of aryl methyl sites for hydroxylation is 1. The molecular weight excluding hydrogens is 313 g/mol. The highest BCUT2D eigenvalue weighted by Crippen LogP contribution is 2.11. The fourth-order valence-corrected chi connectivity index (χ4v) is 2.17. The maximum Gasteiger partial charge on any atom is 0.317 e. The Morgan fingerprint density at radius 1 is 1.42 bits per heavy atom. The van der Waals surface area contributed by atoms with Gasteiger partial charge in [-0.15, -0.1) is 10.2 Å². The molecule has 7 nitrogen and oxygen atoms in total. The molecule has 24 heavy (non-hydrogen) atoms. The van der Waals surface area contributed by atoms with E-state index in [0.717, 1.165) is 0 Å². The standard InChI is InChI=1S/C16H22FN5O2/c1-12(15-20-18-11-22(15)3)19-16(23)21(2)9-4-10-24-14-7-5-13(17)6-8-14/h5-8,11-12H,4,9-10H2,1-3H3,(H,19,23). The summed E-state index contributed by atoms with van der Waals surface area (Å²) in [6, 6.07) is 5.43. The second kappa shape index (κ2) is 8.28. The first-order valence-corrected chi connectivity index (χ1v) is 7.71. The third kappa shape index (κ3) is 4.94. The van der Waals surface area contributed by atoms with Crippen molar-refractivity contribution < 1.29 is 13.9 Å². The highest BCUT2D eigenvalue weighted by atomic mass is 19.1. The molecule has 8 heteroatoms. The molecule has 0 aliphatic heterocycles. The molecular formula is C16H22FN5O2. The van der Waals surface area contributed by atoms with Crippen molar-refractivity contribution in [1.29, 1.82) is 0 Å². The Morgan fingerprint density at radius 3 is 2.75 bits per heavy atom. The summed E-state index contributed by atoms with van der Waals surface area (Å²) in [7, 11) is 3.55. The average Bonchev–Trinajstić information content (AvgIpc) is 2.99. The third-order valence-electron chi connectivity index (χ3n) is 3.54. The van der Waals surface area contributed by atoms with Crippen LogP contribution >= 0.6 is 0 Å². The number of ether oxygens (including phenoxy) is 1. The number of hydrogen-bond acceptors (Lipinski definition) is 4. The SMILES string of the molecule is CC(NC(=O)N(C)CCCOc1ccc(F)cc1)c1nncn1C. The van der Waals surface area contributed by atoms with E-state index in [1.54, 1.807) is 35.0 Å². The van der Waals surface area contributed by atoms with Crippen LogP contribution in [0.5, 0.6) is 5.75 Å². The highest BCUT2D eigenvalue weighted by Gasteiger charge is 2.16. The van der Waals surface area contributed by atoms with Crippen molar-refractivity contribution in [2.75, 3.05) is 20.2 Å². The molecule has 0 fully saturated rings. The van der Waals surface area contributed by atoms with Gasteiger partial charge in [0.25, 0.3) is 0 Å². The van der Waals surface area contributed by atoms with Gasteiger partial charge in [0.05, 0.1) is 12.6 Å². The molecule has 1 aromatic heterocycles. The van der Waals surface area contributed by atoms with E-state index < -0.39 is 0 Å². The van der Waals surface area contributed by atoms with Gasteiger partial charge in [-0.2, -0.15) is 0 Å². The Hall–Kier alpha value is -2.64. The Morgan fingerprint density at radius 2 is 2.12 bits per heavy atom. The third-order valence-corrected chi connectivity index (χ3v) is 3.54. The Balaban J connectivity index is 1.70. The second-order valence-corrected chi connectivity index (χ2v) is 5.55. The fourth-order valence-electron chi connectivity index (χ4n) is 2.17. The van der Waals surface area contributed by atoms with Gasteiger partial charge in [0, 0.05) is 20.6 Å². The summed E-state index contributed by atoms with van der Waals surface area (Å²) in [6.45, 7) is 2.84. The number of nitrogens with zero attached hydrogens (tertiary/aromatic N) is 4. The molecule has 2 aromatic rings. The quantitative estimate of drug-likeness (QED) is 0.787. The minimum atomic E-state index is -0.296. The largest absolute Gasteiger partial charge is 0.494 e. The summed E-state index contributed by atoms with van der Waals surface area (Å²) >= 11 is 0. The molecule has 1 atom stereocenters. The van der Waals surface area contributed by atoms with Crippen LogP contribution in [0, 0.1) is 5.82 Å². The van der Waals surface area contributed by atoms with Gasteiger partial charge in [0.15, 0.2) is 5.82 Å². The lowest BCUT2D eigenvalue weighted by molar-refractivity contribution is 0.199. The fraction of sp³-hybridized carbons (Fsp3) is 0.438. The van der Waals surface area contributed by atoms with E-state index in [9.17, 15) is 9.18 Å². The molecule has 1 N–H and O–H groups in total. The van der Waals surface area contributed by atoms with E-state index in [4.69, 9.17) is 4.74 Å². The van der Waals surface area contributed by atoms with E-state index in [1.807, 2.05) is 14.0 Å². The van der Waals surface area contributed by atoms with E-state index in [0.29, 0.717) is 31.1 Å². The molecule has 0 saturated carbocycles. The van der Waals surface area contributed by atoms with Crippen molar-refractivity contribution in [3.63, 3.8) is 0 Å². The van der Waals surface area contributed by atoms with Crippen LogP contribution in [0.2, 0.25) is 0 Å². The molecule has 0 spiro atoms. The molecule has 1 unspecified atom stereocenters. The van der Waals surface area contributed by atoms with Crippen molar-refractivity contribution >= 4 is 6.03 Å². The number of urea groups is 1. The number of hydrogen-bond donors (Lipinski definition) is 1. The van der Waals surface area contributed by atoms with E-state index in [-0.39, 0.29) is 17.9 Å². The van der Waals surface area contributed by atoms with Crippen LogP contribution in [0.3, 0.4) is 0 Å². The van der Waals surface area contributed by atoms with Crippen LogP contribution in [0.1, 0.15) is 25.2 Å². The van der Waals surface area contributed by atoms with Crippen LogP contribution in [-0.2, 0) is 7.05 Å². The lowest BCUT2D eigenvalue weighted by Crippen LogP contribution is -2.40. The summed E-state index contributed by atoms with van der Waals surface area (Å²) in [4.78, 5) is 13.7. The van der Waals surface area contributed by atoms with Crippen LogP contribution in [0.4, 0.5) is 9.18 Å². The minimum absolute atomic E-state index is 0.188. The zero-order valence-electron chi connectivity index (χ0n) is 14.1. The second-order valence-electron chi connectivity index (χ2n) is 5.55. The number of amides is 2. The first-order valence-electron chi connectivity index (χ1n) is 7.71. The van der Waals surface area contributed by atoms with Gasteiger partial charge in [-0.3, -0.25) is 0 Å². The van der Waals surface area contributed by atoms with Gasteiger partial charge in [-0.1, -0.05) is 0 Å². The number of rotatable bonds is 7. The number of halogens is 1. The van der Waals surface area contributed by atoms with Gasteiger partial charge < -0.3 is 19.5 Å². The van der Waals surface area contributed by atoms with Gasteiger partial charge in [0.1, 0.15) is 17.9 Å². The number of nitrogens with one attached hydrogen (secondary N) is 1. The van der Waals surface area contributed by atoms with Crippen LogP contribution in [0.15, 0.2) is 30.6 Å². The van der Waals surface area contributed by atoms with Crippen molar-refractivity contribution in [2.24, 2.45) is 7.05 Å². The Labute approximate surface area is 140 Å². The minimum Gasteiger partial charge on any atom is -0.494 e. The van der Waals surface area contributed by atoms with Gasteiger partial charge in [-0.25, -0.2) is 9.18 Å². The summed E-state index contributed by atoms with van der Waals surface area (Å²) in [6.07, 6.45) is 2.26. The van der Waals surface area contributed by atoms with E-state index in [2.05, 4.69) is 15.5 Å². The molecule has 0 bridgehead atoms. The molecule has 0 saturated heterocycles. The topological polar surface area (TPSA) is 72.3 Å². The predicted molar refractivity (Wildman–Crippen MR) is 87.1 cm³/mol. The smallest absolute Gasteiger partial charge is 0.317 e. The van der Waals surface area contributed by atoms with Crippen LogP contribution < -0.4 is 10.1 Å². The lowest BCUT2D eigenvalue weighted by Gasteiger charge is -2.21. The lowest BCUT2D eigenvalue weighted by atomic mass is 10.3. The number of aromatic nitrogens is 3. The first-order chi connectivity index (χ1) is 11.5. The molecule has 1 aromatic carbocycles. The molecule has 0 aliphatic carbocycles. The predicted octanol–water partition coefficient (Wildman–Crippen LogP) is 2.13. The molecule has 1 heterocycles. The molecule has 2 rings (SSSR count). The van der Waals surface area contributed by atoms with Gasteiger partial charge in [-0.05, 0) is 37.6 Å². The van der Waals surface area contributed by atoms with Crippen molar-refractivity contribution in [2.45, 2.75) is 19.4 Å². The number of carbonyl (C=O) groups excluding carboxylic acids is 1. The Bertz CT molecular complexity index is 659. The summed E-state index contributed by atoms with van der Waals surface area (Å²) in [5.74, 6) is 1.01. The normalized spacial score (nSPS) is 11.8. The highest BCUT2D eigenvalue weighted by molar-refractivity contribution is 5.74. The summed E-state index contributed by atoms with van der Waals surface area (Å²) in [5, 5.41) is 10.6. The molecule has 0 aliphatic rings. The summed E-state index contributed by atoms with van der Waals surface area (Å²) < 4.78 is 20.0. The number of carbonyl (C=O) groups is 1. The first kappa shape index (κ1) is 17.7. The average molecular weight is 335 g/mol. The molecule has 2 amide bonds. The van der Waals surface area contributed by atoms with Crippen molar-refractivity contribution in [3.8, 4) is 5.75 Å². The molecule has 130 valence electrons. The Kier molecular flexibility index (Phi) is 6.11. The summed E-state index contributed by atoms with van der Waals surface area (Å²) in [5.41, 5.74) is 0. The zero-order valence-corrected chi connectivity index (χ0v) is 14.1. The van der Waals surface area contributed by atoms with Crippen LogP contribution in [-0.4, -0.2) is 45.9 Å². The van der Waals surface area contributed by atoms with Gasteiger partial charge >= 0.3 is 6.03 Å². The van der Waals surface area contributed by atoms with Crippen LogP contribution in [0.25, 0.3) is 0 Å². The molecule has 0 radical (unpaired) electrons.